The minimum Gasteiger partial charge on any atom is -0.493 e. The second kappa shape index (κ2) is 8.39. The van der Waals surface area contributed by atoms with Gasteiger partial charge in [-0.05, 0) is 43.3 Å². The van der Waals surface area contributed by atoms with Gasteiger partial charge in [0, 0.05) is 9.37 Å². The summed E-state index contributed by atoms with van der Waals surface area (Å²) in [4.78, 5) is 13.1. The molecular weight excluding hydrogens is 397 g/mol. The third kappa shape index (κ3) is 4.64. The number of nitrogens with one attached hydrogen (secondary N) is 1. The summed E-state index contributed by atoms with van der Waals surface area (Å²) in [6.45, 7) is 1.76. The van der Waals surface area contributed by atoms with Crippen LogP contribution in [0, 0.1) is 5.82 Å². The van der Waals surface area contributed by atoms with Crippen LogP contribution < -0.4 is 14.8 Å². The Bertz CT molecular complexity index is 742. The van der Waals surface area contributed by atoms with E-state index < -0.39 is 11.1 Å². The number of amides is 1. The first-order chi connectivity index (χ1) is 11.4. The molecule has 1 amide bonds. The van der Waals surface area contributed by atoms with Crippen molar-refractivity contribution in [3.63, 3.8) is 0 Å². The van der Waals surface area contributed by atoms with Crippen molar-refractivity contribution in [3.8, 4) is 11.5 Å². The maximum atomic E-state index is 13.8. The first-order valence-electron chi connectivity index (χ1n) is 7.09. The summed E-state index contributed by atoms with van der Waals surface area (Å²) >= 11 is 4.53. The number of rotatable bonds is 6. The highest BCUT2D eigenvalue weighted by molar-refractivity contribution is 9.10. The second-order valence-corrected chi connectivity index (χ2v) is 7.22. The molecule has 0 spiro atoms. The zero-order chi connectivity index (χ0) is 17.7. The van der Waals surface area contributed by atoms with Crippen LogP contribution in [0.25, 0.3) is 0 Å². The summed E-state index contributed by atoms with van der Waals surface area (Å²) in [6, 6.07) is 9.92. The lowest BCUT2D eigenvalue weighted by atomic mass is 10.3. The predicted molar refractivity (Wildman–Crippen MR) is 97.6 cm³/mol. The smallest absolute Gasteiger partial charge is 0.237 e. The normalized spacial score (nSPS) is 11.7. The van der Waals surface area contributed by atoms with Crippen molar-refractivity contribution in [1.29, 1.82) is 0 Å². The molecule has 2 aromatic rings. The third-order valence-corrected chi connectivity index (χ3v) is 4.81. The van der Waals surface area contributed by atoms with Crippen LogP contribution in [0.4, 0.5) is 10.1 Å². The molecule has 0 aliphatic heterocycles. The van der Waals surface area contributed by atoms with E-state index >= 15 is 0 Å². The second-order valence-electron chi connectivity index (χ2n) is 4.89. The summed E-state index contributed by atoms with van der Waals surface area (Å²) in [5, 5.41) is 2.19. The molecule has 0 bridgehead atoms. The fourth-order valence-corrected chi connectivity index (χ4v) is 3.20. The molecule has 0 aliphatic carbocycles. The van der Waals surface area contributed by atoms with Gasteiger partial charge in [-0.2, -0.15) is 0 Å². The zero-order valence-corrected chi connectivity index (χ0v) is 15.8. The van der Waals surface area contributed by atoms with E-state index in [0.29, 0.717) is 16.0 Å². The number of halogens is 2. The van der Waals surface area contributed by atoms with Gasteiger partial charge in [0.05, 0.1) is 25.2 Å². The van der Waals surface area contributed by atoms with Gasteiger partial charge in [-0.1, -0.05) is 15.9 Å². The Balaban J connectivity index is 2.06. The number of methoxy groups -OCH3 is 2. The molecule has 24 heavy (non-hydrogen) atoms. The van der Waals surface area contributed by atoms with Gasteiger partial charge in [-0.25, -0.2) is 4.39 Å². The van der Waals surface area contributed by atoms with Gasteiger partial charge in [0.25, 0.3) is 0 Å². The first kappa shape index (κ1) is 18.6. The lowest BCUT2D eigenvalue weighted by molar-refractivity contribution is -0.115. The van der Waals surface area contributed by atoms with Crippen molar-refractivity contribution in [2.75, 3.05) is 19.5 Å². The fraction of sp³-hybridized carbons (Fsp3) is 0.235. The number of anilines is 1. The van der Waals surface area contributed by atoms with Crippen LogP contribution in [0.15, 0.2) is 45.8 Å². The number of thioether (sulfide) groups is 1. The summed E-state index contributed by atoms with van der Waals surface area (Å²) in [7, 11) is 3.12. The molecule has 7 heteroatoms. The Hall–Kier alpha value is -1.73. The lowest BCUT2D eigenvalue weighted by Gasteiger charge is -2.14. The SMILES string of the molecule is COc1ccc(SC(C)C(=O)Nc2ccc(Br)cc2F)cc1OC. The van der Waals surface area contributed by atoms with Crippen LogP contribution >= 0.6 is 27.7 Å². The average molecular weight is 414 g/mol. The Kier molecular flexibility index (Phi) is 6.51. The van der Waals surface area contributed by atoms with E-state index in [9.17, 15) is 9.18 Å². The van der Waals surface area contributed by atoms with E-state index in [2.05, 4.69) is 21.2 Å². The molecular formula is C17H17BrFNO3S. The van der Waals surface area contributed by atoms with Gasteiger partial charge in [-0.3, -0.25) is 4.79 Å². The van der Waals surface area contributed by atoms with Crippen molar-refractivity contribution >= 4 is 39.3 Å². The molecule has 0 aliphatic rings. The molecule has 128 valence electrons. The molecule has 0 saturated heterocycles. The predicted octanol–water partition coefficient (Wildman–Crippen LogP) is 4.72. The molecule has 2 aromatic carbocycles. The van der Waals surface area contributed by atoms with Crippen LogP contribution in [0.3, 0.4) is 0 Å². The monoisotopic (exact) mass is 413 g/mol. The Morgan fingerprint density at radius 2 is 1.88 bits per heavy atom. The van der Waals surface area contributed by atoms with E-state index in [-0.39, 0.29) is 11.6 Å². The van der Waals surface area contributed by atoms with Crippen molar-refractivity contribution < 1.29 is 18.7 Å². The maximum Gasteiger partial charge on any atom is 0.237 e. The standard InChI is InChI=1S/C17H17BrFNO3S/c1-10(17(21)20-14-6-4-11(18)8-13(14)19)24-12-5-7-15(22-2)16(9-12)23-3/h4-10H,1-3H3,(H,20,21). The highest BCUT2D eigenvalue weighted by Gasteiger charge is 2.17. The Morgan fingerprint density at radius 3 is 2.50 bits per heavy atom. The van der Waals surface area contributed by atoms with Gasteiger partial charge in [0.2, 0.25) is 5.91 Å². The van der Waals surface area contributed by atoms with E-state index in [0.717, 1.165) is 4.90 Å². The highest BCUT2D eigenvalue weighted by Crippen LogP contribution is 2.33. The third-order valence-electron chi connectivity index (χ3n) is 3.23. The minimum atomic E-state index is -0.485. The average Bonchev–Trinajstić information content (AvgIpc) is 2.57. The van der Waals surface area contributed by atoms with Crippen LogP contribution in [0.5, 0.6) is 11.5 Å². The summed E-state index contributed by atoms with van der Waals surface area (Å²) < 4.78 is 24.9. The van der Waals surface area contributed by atoms with E-state index in [1.165, 1.54) is 23.9 Å². The maximum absolute atomic E-state index is 13.8. The quantitative estimate of drug-likeness (QED) is 0.695. The van der Waals surface area contributed by atoms with Crippen molar-refractivity contribution in [2.24, 2.45) is 0 Å². The molecule has 1 unspecified atom stereocenters. The molecule has 0 heterocycles. The molecule has 0 aromatic heterocycles. The highest BCUT2D eigenvalue weighted by atomic mass is 79.9. The minimum absolute atomic E-state index is 0.156. The van der Waals surface area contributed by atoms with Crippen molar-refractivity contribution in [3.05, 3.63) is 46.7 Å². The van der Waals surface area contributed by atoms with Crippen LogP contribution in [0.2, 0.25) is 0 Å². The van der Waals surface area contributed by atoms with Gasteiger partial charge >= 0.3 is 0 Å². The van der Waals surface area contributed by atoms with Crippen molar-refractivity contribution in [1.82, 2.24) is 0 Å². The van der Waals surface area contributed by atoms with Crippen LogP contribution in [0.1, 0.15) is 6.92 Å². The van der Waals surface area contributed by atoms with E-state index in [1.54, 1.807) is 39.3 Å². The molecule has 0 fully saturated rings. The molecule has 2 rings (SSSR count). The van der Waals surface area contributed by atoms with Gasteiger partial charge in [0.15, 0.2) is 11.5 Å². The van der Waals surface area contributed by atoms with E-state index in [4.69, 9.17) is 9.47 Å². The number of carbonyl (C=O) groups is 1. The van der Waals surface area contributed by atoms with Crippen LogP contribution in [-0.2, 0) is 4.79 Å². The summed E-state index contributed by atoms with van der Waals surface area (Å²) in [6.07, 6.45) is 0. The Morgan fingerprint density at radius 1 is 1.17 bits per heavy atom. The number of ether oxygens (including phenoxy) is 2. The molecule has 0 saturated carbocycles. The molecule has 1 atom stereocenters. The molecule has 0 radical (unpaired) electrons. The van der Waals surface area contributed by atoms with E-state index in [1.807, 2.05) is 6.07 Å². The number of benzene rings is 2. The number of hydrogen-bond donors (Lipinski definition) is 1. The lowest BCUT2D eigenvalue weighted by Crippen LogP contribution is -2.22. The van der Waals surface area contributed by atoms with Gasteiger partial charge < -0.3 is 14.8 Å². The molecule has 4 nitrogen and oxygen atoms in total. The number of hydrogen-bond acceptors (Lipinski definition) is 4. The topological polar surface area (TPSA) is 47.6 Å². The largest absolute Gasteiger partial charge is 0.493 e. The van der Waals surface area contributed by atoms with Gasteiger partial charge in [0.1, 0.15) is 5.82 Å². The van der Waals surface area contributed by atoms with Crippen LogP contribution in [-0.4, -0.2) is 25.4 Å². The molecule has 1 N–H and O–H groups in total. The first-order valence-corrected chi connectivity index (χ1v) is 8.76. The zero-order valence-electron chi connectivity index (χ0n) is 13.4. The summed E-state index contributed by atoms with van der Waals surface area (Å²) in [5.74, 6) is 0.446. The van der Waals surface area contributed by atoms with Crippen molar-refractivity contribution in [2.45, 2.75) is 17.1 Å². The summed E-state index contributed by atoms with van der Waals surface area (Å²) in [5.41, 5.74) is 0.156. The van der Waals surface area contributed by atoms with Gasteiger partial charge in [-0.15, -0.1) is 11.8 Å². The Labute approximate surface area is 152 Å². The number of carbonyl (C=O) groups excluding carboxylic acids is 1. The fourth-order valence-electron chi connectivity index (χ4n) is 1.97.